The minimum absolute atomic E-state index is 0.225. The highest BCUT2D eigenvalue weighted by molar-refractivity contribution is 7.78. The lowest BCUT2D eigenvalue weighted by atomic mass is 10.1. The Morgan fingerprint density at radius 1 is 1.19 bits per heavy atom. The van der Waals surface area contributed by atoms with Crippen LogP contribution >= 0.6 is 12.8 Å². The molecule has 0 saturated heterocycles. The number of benzene rings is 1. The van der Waals surface area contributed by atoms with Crippen molar-refractivity contribution in [1.82, 2.24) is 15.4 Å². The second kappa shape index (κ2) is 12.0. The van der Waals surface area contributed by atoms with E-state index in [1.165, 1.54) is 6.21 Å². The number of nitrogens with one attached hydrogen (secondary N) is 2. The molecule has 0 heterocycles. The van der Waals surface area contributed by atoms with Crippen LogP contribution in [0, 0.1) is 0 Å². The first kappa shape index (κ1) is 21.6. The molecule has 0 bridgehead atoms. The first-order valence-corrected chi connectivity index (χ1v) is 8.37. The van der Waals surface area contributed by atoms with Crippen LogP contribution in [-0.4, -0.2) is 41.9 Å². The van der Waals surface area contributed by atoms with Crippen molar-refractivity contribution < 1.29 is 24.3 Å². The number of hydroxylamine groups is 1. The number of hydrogen-bond acceptors (Lipinski definition) is 8. The molecule has 2 amide bonds. The first-order chi connectivity index (χ1) is 12.5. The summed E-state index contributed by atoms with van der Waals surface area (Å²) in [5.41, 5.74) is 4.84. The molecule has 1 aromatic carbocycles. The molecule has 0 atom stereocenters. The number of hydrogen-bond donors (Lipinski definition) is 4. The van der Waals surface area contributed by atoms with Crippen molar-refractivity contribution in [1.29, 1.82) is 0 Å². The number of hydrazine groups is 1. The molecule has 0 unspecified atom stereocenters. The molecule has 9 nitrogen and oxygen atoms in total. The summed E-state index contributed by atoms with van der Waals surface area (Å²) in [7, 11) is 3.10. The Morgan fingerprint density at radius 3 is 2.54 bits per heavy atom. The fraction of sp³-hybridized carbons (Fsp3) is 0.438. The summed E-state index contributed by atoms with van der Waals surface area (Å²) >= 11 is 4.03. The molecule has 1 rings (SSSR count). The lowest BCUT2D eigenvalue weighted by Crippen LogP contribution is -2.31. The number of carbonyl (C=O) groups excluding carboxylic acids is 2. The number of thiol groups is 1. The van der Waals surface area contributed by atoms with E-state index in [-0.39, 0.29) is 18.7 Å². The van der Waals surface area contributed by atoms with Gasteiger partial charge >= 0.3 is 0 Å². The largest absolute Gasteiger partial charge is 0.493 e. The standard InChI is InChI=1S/C16H24N4O5S/c1-24-13-9-8-12(10-14(13)25-2)11-17-19-20(26)16(22)7-5-3-4-6-15(21)18-23/h8-11,19,23,26H,3-7H2,1-2H3,(H,18,21)/b17-11+. The van der Waals surface area contributed by atoms with E-state index < -0.39 is 5.91 Å². The summed E-state index contributed by atoms with van der Waals surface area (Å²) in [5.74, 6) is 0.507. The van der Waals surface area contributed by atoms with Gasteiger partial charge in [0.15, 0.2) is 11.5 Å². The summed E-state index contributed by atoms with van der Waals surface area (Å²) in [6, 6.07) is 5.29. The zero-order valence-electron chi connectivity index (χ0n) is 14.8. The highest BCUT2D eigenvalue weighted by Gasteiger charge is 2.09. The lowest BCUT2D eigenvalue weighted by molar-refractivity contribution is -0.129. The van der Waals surface area contributed by atoms with Crippen LogP contribution in [-0.2, 0) is 9.59 Å². The highest BCUT2D eigenvalue weighted by atomic mass is 32.1. The number of carbonyl (C=O) groups is 2. The van der Waals surface area contributed by atoms with E-state index in [2.05, 4.69) is 23.5 Å². The maximum Gasteiger partial charge on any atom is 0.252 e. The van der Waals surface area contributed by atoms with Gasteiger partial charge in [0, 0.05) is 12.8 Å². The van der Waals surface area contributed by atoms with Crippen molar-refractivity contribution in [3.05, 3.63) is 23.8 Å². The predicted octanol–water partition coefficient (Wildman–Crippen LogP) is 1.67. The zero-order chi connectivity index (χ0) is 19.4. The van der Waals surface area contributed by atoms with E-state index in [0.29, 0.717) is 30.8 Å². The van der Waals surface area contributed by atoms with Crippen LogP contribution in [0.2, 0.25) is 0 Å². The molecule has 0 saturated carbocycles. The third-order valence-electron chi connectivity index (χ3n) is 3.43. The van der Waals surface area contributed by atoms with Gasteiger partial charge in [-0.2, -0.15) is 9.52 Å². The molecule has 26 heavy (non-hydrogen) atoms. The molecule has 144 valence electrons. The topological polar surface area (TPSA) is 112 Å². The van der Waals surface area contributed by atoms with Crippen molar-refractivity contribution in [2.24, 2.45) is 5.10 Å². The second-order valence-electron chi connectivity index (χ2n) is 5.27. The fourth-order valence-electron chi connectivity index (χ4n) is 2.05. The normalized spacial score (nSPS) is 10.5. The van der Waals surface area contributed by atoms with Crippen LogP contribution in [0.15, 0.2) is 23.3 Å². The number of ether oxygens (including phenoxy) is 2. The molecule has 0 spiro atoms. The van der Waals surface area contributed by atoms with Gasteiger partial charge in [-0.3, -0.25) is 14.8 Å². The average Bonchev–Trinajstić information content (AvgIpc) is 2.66. The smallest absolute Gasteiger partial charge is 0.252 e. The number of nitrogens with zero attached hydrogens (tertiary/aromatic N) is 2. The molecule has 10 heteroatoms. The third kappa shape index (κ3) is 7.62. The molecule has 0 radical (unpaired) electrons. The SMILES string of the molecule is COc1ccc(/C=N/NN(S)C(=O)CCCCCC(=O)NO)cc1OC. The van der Waals surface area contributed by atoms with Gasteiger partial charge in [0.05, 0.1) is 20.4 Å². The number of amides is 2. The van der Waals surface area contributed by atoms with Crippen molar-refractivity contribution in [3.63, 3.8) is 0 Å². The maximum absolute atomic E-state index is 11.9. The van der Waals surface area contributed by atoms with E-state index >= 15 is 0 Å². The van der Waals surface area contributed by atoms with Crippen molar-refractivity contribution >= 4 is 30.8 Å². The highest BCUT2D eigenvalue weighted by Crippen LogP contribution is 2.26. The van der Waals surface area contributed by atoms with Crippen molar-refractivity contribution in [2.45, 2.75) is 32.1 Å². The van der Waals surface area contributed by atoms with Gasteiger partial charge in [-0.05, 0) is 49.4 Å². The molecule has 0 aliphatic heterocycles. The second-order valence-corrected chi connectivity index (χ2v) is 5.67. The molecular weight excluding hydrogens is 360 g/mol. The van der Waals surface area contributed by atoms with Crippen LogP contribution in [0.25, 0.3) is 0 Å². The Balaban J connectivity index is 2.36. The number of methoxy groups -OCH3 is 2. The quantitative estimate of drug-likeness (QED) is 0.152. The van der Waals surface area contributed by atoms with Crippen LogP contribution < -0.4 is 20.5 Å². The Labute approximate surface area is 157 Å². The summed E-state index contributed by atoms with van der Waals surface area (Å²) in [6.07, 6.45) is 3.90. The van der Waals surface area contributed by atoms with Crippen molar-refractivity contribution in [2.75, 3.05) is 14.2 Å². The molecule has 0 fully saturated rings. The van der Waals surface area contributed by atoms with E-state index in [4.69, 9.17) is 14.7 Å². The maximum atomic E-state index is 11.9. The fourth-order valence-corrected chi connectivity index (χ4v) is 2.20. The number of rotatable bonds is 11. The summed E-state index contributed by atoms with van der Waals surface area (Å²) in [4.78, 5) is 22.7. The van der Waals surface area contributed by atoms with Crippen LogP contribution in [0.3, 0.4) is 0 Å². The van der Waals surface area contributed by atoms with Crippen LogP contribution in [0.1, 0.15) is 37.7 Å². The van der Waals surface area contributed by atoms with Gasteiger partial charge in [-0.25, -0.2) is 11.0 Å². The van der Waals surface area contributed by atoms with E-state index in [1.807, 2.05) is 0 Å². The Hall–Kier alpha value is -2.46. The zero-order valence-corrected chi connectivity index (χ0v) is 15.7. The van der Waals surface area contributed by atoms with Gasteiger partial charge in [-0.15, -0.1) is 0 Å². The van der Waals surface area contributed by atoms with E-state index in [9.17, 15) is 9.59 Å². The third-order valence-corrected chi connectivity index (χ3v) is 3.74. The lowest BCUT2D eigenvalue weighted by Gasteiger charge is -2.13. The monoisotopic (exact) mass is 384 g/mol. The van der Waals surface area contributed by atoms with Gasteiger partial charge in [0.25, 0.3) is 5.91 Å². The molecule has 0 aliphatic rings. The van der Waals surface area contributed by atoms with Gasteiger partial charge in [0.2, 0.25) is 5.91 Å². The summed E-state index contributed by atoms with van der Waals surface area (Å²) in [5, 5.41) is 12.3. The summed E-state index contributed by atoms with van der Waals surface area (Å²) in [6.45, 7) is 0. The van der Waals surface area contributed by atoms with Crippen molar-refractivity contribution in [3.8, 4) is 11.5 Å². The first-order valence-electron chi connectivity index (χ1n) is 7.97. The van der Waals surface area contributed by atoms with Gasteiger partial charge in [0.1, 0.15) is 0 Å². The van der Waals surface area contributed by atoms with E-state index in [1.54, 1.807) is 37.9 Å². The molecule has 0 aromatic heterocycles. The average molecular weight is 384 g/mol. The predicted molar refractivity (Wildman–Crippen MR) is 99.1 cm³/mol. The van der Waals surface area contributed by atoms with Crippen LogP contribution in [0.5, 0.6) is 11.5 Å². The van der Waals surface area contributed by atoms with E-state index in [0.717, 1.165) is 9.98 Å². The minimum Gasteiger partial charge on any atom is -0.493 e. The Kier molecular flexibility index (Phi) is 9.95. The number of hydrazone groups is 1. The van der Waals surface area contributed by atoms with Gasteiger partial charge < -0.3 is 9.47 Å². The molecule has 0 aliphatic carbocycles. The minimum atomic E-state index is -0.432. The Bertz CT molecular complexity index is 627. The Morgan fingerprint density at radius 2 is 1.88 bits per heavy atom. The molecular formula is C16H24N4O5S. The van der Waals surface area contributed by atoms with Crippen LogP contribution in [0.4, 0.5) is 0 Å². The number of unbranched alkanes of at least 4 members (excludes halogenated alkanes) is 2. The molecule has 3 N–H and O–H groups in total. The molecule has 1 aromatic rings. The van der Waals surface area contributed by atoms with Gasteiger partial charge in [-0.1, -0.05) is 6.42 Å². The summed E-state index contributed by atoms with van der Waals surface area (Å²) < 4.78 is 11.4.